The number of nitrogens with one attached hydrogen (secondary N) is 1. The van der Waals surface area contributed by atoms with Gasteiger partial charge < -0.3 is 5.32 Å². The molecule has 1 fully saturated rings. The molecule has 0 amide bonds. The molecule has 0 bridgehead atoms. The highest BCUT2D eigenvalue weighted by Crippen LogP contribution is 2.15. The molecule has 0 spiro atoms. The zero-order chi connectivity index (χ0) is 13.8. The van der Waals surface area contributed by atoms with Crippen molar-refractivity contribution in [1.29, 1.82) is 0 Å². The van der Waals surface area contributed by atoms with Gasteiger partial charge in [-0.25, -0.2) is 8.42 Å². The average Bonchev–Trinajstić information content (AvgIpc) is 2.21. The second-order valence-corrected chi connectivity index (χ2v) is 8.19. The van der Waals surface area contributed by atoms with Crippen LogP contribution in [0.5, 0.6) is 0 Å². The molecular formula is C13H26N2O2S. The fourth-order valence-electron chi connectivity index (χ4n) is 2.22. The van der Waals surface area contributed by atoms with Gasteiger partial charge in [-0.05, 0) is 27.2 Å². The number of hydrogen-bond acceptors (Lipinski definition) is 4. The Morgan fingerprint density at radius 3 is 2.61 bits per heavy atom. The summed E-state index contributed by atoms with van der Waals surface area (Å²) in [7, 11) is -2.83. The van der Waals surface area contributed by atoms with E-state index in [1.165, 1.54) is 0 Å². The van der Waals surface area contributed by atoms with Crippen molar-refractivity contribution < 1.29 is 8.42 Å². The van der Waals surface area contributed by atoms with E-state index in [4.69, 9.17) is 0 Å². The highest BCUT2D eigenvalue weighted by Gasteiger charge is 2.26. The van der Waals surface area contributed by atoms with Crippen LogP contribution in [0, 0.1) is 0 Å². The van der Waals surface area contributed by atoms with E-state index in [1.54, 1.807) is 0 Å². The van der Waals surface area contributed by atoms with Crippen molar-refractivity contribution in [2.45, 2.75) is 38.8 Å². The summed E-state index contributed by atoms with van der Waals surface area (Å²) < 4.78 is 23.1. The number of nitrogens with zero attached hydrogens (tertiary/aromatic N) is 1. The summed E-state index contributed by atoms with van der Waals surface area (Å²) >= 11 is 0. The molecule has 1 saturated heterocycles. The van der Waals surface area contributed by atoms with Crippen molar-refractivity contribution >= 4 is 9.84 Å². The summed E-state index contributed by atoms with van der Waals surface area (Å²) in [4.78, 5) is 2.32. The predicted octanol–water partition coefficient (Wildman–Crippen LogP) is 1.05. The van der Waals surface area contributed by atoms with Gasteiger partial charge in [0, 0.05) is 31.2 Å². The van der Waals surface area contributed by atoms with Gasteiger partial charge in [0.15, 0.2) is 9.84 Å². The van der Waals surface area contributed by atoms with E-state index >= 15 is 0 Å². The smallest absolute Gasteiger partial charge is 0.153 e. The molecule has 18 heavy (non-hydrogen) atoms. The van der Waals surface area contributed by atoms with E-state index in [1.807, 2.05) is 6.08 Å². The fourth-order valence-corrected chi connectivity index (χ4v) is 3.71. The first kappa shape index (κ1) is 15.7. The first-order valence-electron chi connectivity index (χ1n) is 6.54. The third-order valence-electron chi connectivity index (χ3n) is 3.35. The van der Waals surface area contributed by atoms with Crippen LogP contribution >= 0.6 is 0 Å². The second kappa shape index (κ2) is 6.17. The van der Waals surface area contributed by atoms with Crippen LogP contribution < -0.4 is 5.32 Å². The Morgan fingerprint density at radius 2 is 2.11 bits per heavy atom. The second-order valence-electron chi connectivity index (χ2n) is 5.96. The van der Waals surface area contributed by atoms with Gasteiger partial charge in [-0.15, -0.1) is 6.58 Å². The topological polar surface area (TPSA) is 49.4 Å². The third-order valence-corrected chi connectivity index (χ3v) is 5.08. The van der Waals surface area contributed by atoms with E-state index in [0.29, 0.717) is 6.54 Å². The molecule has 5 heteroatoms. The SMILES string of the molecule is C=CCN(CCC1CS(=O)(=O)CCN1)C(C)(C)C. The highest BCUT2D eigenvalue weighted by molar-refractivity contribution is 7.91. The van der Waals surface area contributed by atoms with Gasteiger partial charge in [-0.1, -0.05) is 6.08 Å². The van der Waals surface area contributed by atoms with Crippen LogP contribution in [-0.2, 0) is 9.84 Å². The maximum Gasteiger partial charge on any atom is 0.153 e. The fraction of sp³-hybridized carbons (Fsp3) is 0.846. The van der Waals surface area contributed by atoms with E-state index in [2.05, 4.69) is 37.6 Å². The van der Waals surface area contributed by atoms with Crippen molar-refractivity contribution in [3.8, 4) is 0 Å². The van der Waals surface area contributed by atoms with Crippen molar-refractivity contribution in [1.82, 2.24) is 10.2 Å². The van der Waals surface area contributed by atoms with Gasteiger partial charge in [0.2, 0.25) is 0 Å². The molecule has 1 unspecified atom stereocenters. The van der Waals surface area contributed by atoms with Crippen LogP contribution in [0.4, 0.5) is 0 Å². The van der Waals surface area contributed by atoms with Gasteiger partial charge in [0.1, 0.15) is 0 Å². The molecule has 1 heterocycles. The molecule has 0 aliphatic carbocycles. The third kappa shape index (κ3) is 5.08. The Kier molecular flexibility index (Phi) is 5.37. The first-order valence-corrected chi connectivity index (χ1v) is 8.36. The molecule has 1 aliphatic rings. The van der Waals surface area contributed by atoms with Gasteiger partial charge in [0.05, 0.1) is 11.5 Å². The van der Waals surface area contributed by atoms with Crippen molar-refractivity contribution in [2.75, 3.05) is 31.1 Å². The van der Waals surface area contributed by atoms with Crippen molar-refractivity contribution in [2.24, 2.45) is 0 Å². The molecule has 0 aromatic heterocycles. The highest BCUT2D eigenvalue weighted by atomic mass is 32.2. The summed E-state index contributed by atoms with van der Waals surface area (Å²) in [6.45, 7) is 12.6. The molecular weight excluding hydrogens is 248 g/mol. The molecule has 0 radical (unpaired) electrons. The Labute approximate surface area is 111 Å². The zero-order valence-corrected chi connectivity index (χ0v) is 12.6. The molecule has 0 aromatic rings. The largest absolute Gasteiger partial charge is 0.312 e. The lowest BCUT2D eigenvalue weighted by Crippen LogP contribution is -2.48. The lowest BCUT2D eigenvalue weighted by atomic mass is 10.0. The lowest BCUT2D eigenvalue weighted by Gasteiger charge is -2.36. The zero-order valence-electron chi connectivity index (χ0n) is 11.8. The molecule has 1 N–H and O–H groups in total. The van der Waals surface area contributed by atoms with Gasteiger partial charge >= 0.3 is 0 Å². The van der Waals surface area contributed by atoms with Crippen molar-refractivity contribution in [3.05, 3.63) is 12.7 Å². The normalized spacial score (nSPS) is 24.1. The molecule has 1 atom stereocenters. The van der Waals surface area contributed by atoms with E-state index in [-0.39, 0.29) is 23.1 Å². The van der Waals surface area contributed by atoms with Gasteiger partial charge in [-0.3, -0.25) is 4.90 Å². The van der Waals surface area contributed by atoms with Crippen LogP contribution in [0.3, 0.4) is 0 Å². The molecule has 4 nitrogen and oxygen atoms in total. The van der Waals surface area contributed by atoms with Crippen LogP contribution in [0.2, 0.25) is 0 Å². The summed E-state index contributed by atoms with van der Waals surface area (Å²) in [5.41, 5.74) is 0.0851. The number of rotatable bonds is 5. The van der Waals surface area contributed by atoms with Crippen LogP contribution in [0.25, 0.3) is 0 Å². The van der Waals surface area contributed by atoms with Crippen molar-refractivity contribution in [3.63, 3.8) is 0 Å². The van der Waals surface area contributed by atoms with Crippen LogP contribution in [-0.4, -0.2) is 56.0 Å². The minimum Gasteiger partial charge on any atom is -0.312 e. The minimum atomic E-state index is -2.83. The summed E-state index contributed by atoms with van der Waals surface area (Å²) in [6.07, 6.45) is 2.76. The van der Waals surface area contributed by atoms with Gasteiger partial charge in [0.25, 0.3) is 0 Å². The molecule has 1 aliphatic heterocycles. The summed E-state index contributed by atoms with van der Waals surface area (Å²) in [5, 5.41) is 3.29. The van der Waals surface area contributed by atoms with Crippen LogP contribution in [0.15, 0.2) is 12.7 Å². The van der Waals surface area contributed by atoms with Gasteiger partial charge in [-0.2, -0.15) is 0 Å². The average molecular weight is 274 g/mol. The van der Waals surface area contributed by atoms with E-state index < -0.39 is 9.84 Å². The molecule has 0 saturated carbocycles. The maximum atomic E-state index is 11.6. The Balaban J connectivity index is 2.49. The Morgan fingerprint density at radius 1 is 1.44 bits per heavy atom. The van der Waals surface area contributed by atoms with E-state index in [9.17, 15) is 8.42 Å². The van der Waals surface area contributed by atoms with E-state index in [0.717, 1.165) is 19.5 Å². The minimum absolute atomic E-state index is 0.0851. The maximum absolute atomic E-state index is 11.6. The Bertz CT molecular complexity index is 371. The number of hydrogen-bond donors (Lipinski definition) is 1. The predicted molar refractivity (Wildman–Crippen MR) is 76.6 cm³/mol. The summed E-state index contributed by atoms with van der Waals surface area (Å²) in [5.74, 6) is 0.554. The molecule has 0 aromatic carbocycles. The lowest BCUT2D eigenvalue weighted by molar-refractivity contribution is 0.147. The monoisotopic (exact) mass is 274 g/mol. The number of sulfone groups is 1. The first-order chi connectivity index (χ1) is 8.24. The van der Waals surface area contributed by atoms with Crippen LogP contribution in [0.1, 0.15) is 27.2 Å². The standard InChI is InChI=1S/C13H26N2O2S/c1-5-8-15(13(2,3)4)9-6-12-11-18(16,17)10-7-14-12/h5,12,14H,1,6-11H2,2-4H3. The molecule has 106 valence electrons. The summed E-state index contributed by atoms with van der Waals surface area (Å²) in [6, 6.07) is 0.0958. The molecule has 1 rings (SSSR count). The Hall–Kier alpha value is -0.390. The quantitative estimate of drug-likeness (QED) is 0.761.